The van der Waals surface area contributed by atoms with Crippen molar-refractivity contribution in [2.45, 2.75) is 12.8 Å². The van der Waals surface area contributed by atoms with E-state index in [2.05, 4.69) is 34.6 Å². The summed E-state index contributed by atoms with van der Waals surface area (Å²) in [7, 11) is 0. The summed E-state index contributed by atoms with van der Waals surface area (Å²) in [5, 5.41) is 2.10. The first kappa shape index (κ1) is 11.3. The molecule has 0 aliphatic heterocycles. The van der Waals surface area contributed by atoms with Crippen LogP contribution in [0.1, 0.15) is 11.3 Å². The van der Waals surface area contributed by atoms with Crippen LogP contribution < -0.4 is 5.73 Å². The monoisotopic (exact) mass is 232 g/mol. The Bertz CT molecular complexity index is 397. The van der Waals surface area contributed by atoms with Gasteiger partial charge in [-0.15, -0.1) is 11.3 Å². The van der Waals surface area contributed by atoms with E-state index in [1.54, 1.807) is 11.3 Å². The van der Waals surface area contributed by atoms with Crippen molar-refractivity contribution in [2.24, 2.45) is 11.7 Å². The zero-order valence-electron chi connectivity index (χ0n) is 9.17. The van der Waals surface area contributed by atoms with Gasteiger partial charge in [0.25, 0.3) is 0 Å². The zero-order valence-corrected chi connectivity index (χ0v) is 9.99. The average Bonchev–Trinajstić information content (AvgIpc) is 2.82. The van der Waals surface area contributed by atoms with E-state index in [1.165, 1.54) is 5.56 Å². The first-order chi connectivity index (χ1) is 7.88. The van der Waals surface area contributed by atoms with Gasteiger partial charge in [0.15, 0.2) is 0 Å². The van der Waals surface area contributed by atoms with Crippen LogP contribution in [-0.4, -0.2) is 11.5 Å². The molecule has 0 amide bonds. The Morgan fingerprint density at radius 3 is 2.62 bits per heavy atom. The lowest BCUT2D eigenvalue weighted by Crippen LogP contribution is -2.19. The number of benzene rings is 1. The highest BCUT2D eigenvalue weighted by Crippen LogP contribution is 2.13. The molecule has 16 heavy (non-hydrogen) atoms. The molecule has 1 aromatic heterocycles. The Balaban J connectivity index is 1.96. The van der Waals surface area contributed by atoms with Crippen LogP contribution in [0.25, 0.3) is 0 Å². The minimum absolute atomic E-state index is 0.490. The van der Waals surface area contributed by atoms with E-state index in [0.29, 0.717) is 12.5 Å². The van der Waals surface area contributed by atoms with Gasteiger partial charge < -0.3 is 5.73 Å². The van der Waals surface area contributed by atoms with E-state index in [-0.39, 0.29) is 0 Å². The number of hydrogen-bond acceptors (Lipinski definition) is 3. The first-order valence-corrected chi connectivity index (χ1v) is 6.44. The highest BCUT2D eigenvalue weighted by Gasteiger charge is 2.09. The molecule has 0 aliphatic carbocycles. The lowest BCUT2D eigenvalue weighted by atomic mass is 9.95. The third-order valence-electron chi connectivity index (χ3n) is 2.68. The summed E-state index contributed by atoms with van der Waals surface area (Å²) in [4.78, 5) is 4.31. The molecule has 2 N–H and O–H groups in total. The molecule has 1 aromatic carbocycles. The fraction of sp³-hybridized carbons (Fsp3) is 0.308. The highest BCUT2D eigenvalue weighted by molar-refractivity contribution is 7.07. The lowest BCUT2D eigenvalue weighted by Gasteiger charge is -2.13. The lowest BCUT2D eigenvalue weighted by molar-refractivity contribution is 0.528. The third-order valence-corrected chi connectivity index (χ3v) is 3.32. The molecule has 84 valence electrons. The van der Waals surface area contributed by atoms with Crippen molar-refractivity contribution in [3.05, 3.63) is 52.5 Å². The number of rotatable bonds is 5. The topological polar surface area (TPSA) is 38.9 Å². The second kappa shape index (κ2) is 5.77. The van der Waals surface area contributed by atoms with Gasteiger partial charge in [0.1, 0.15) is 0 Å². The number of hydrogen-bond donors (Lipinski definition) is 1. The highest BCUT2D eigenvalue weighted by atomic mass is 32.1. The van der Waals surface area contributed by atoms with E-state index in [1.807, 2.05) is 11.6 Å². The normalized spacial score (nSPS) is 12.6. The van der Waals surface area contributed by atoms with E-state index >= 15 is 0 Å². The number of aromatic nitrogens is 1. The molecule has 0 bridgehead atoms. The molecule has 2 rings (SSSR count). The van der Waals surface area contributed by atoms with E-state index in [0.717, 1.165) is 18.5 Å². The summed E-state index contributed by atoms with van der Waals surface area (Å²) in [6.07, 6.45) is 2.02. The summed E-state index contributed by atoms with van der Waals surface area (Å²) in [5.74, 6) is 0.490. The van der Waals surface area contributed by atoms with Gasteiger partial charge in [-0.3, -0.25) is 0 Å². The van der Waals surface area contributed by atoms with Gasteiger partial charge in [-0.05, 0) is 30.9 Å². The Labute approximate surface area is 100 Å². The predicted molar refractivity (Wildman–Crippen MR) is 68.5 cm³/mol. The average molecular weight is 232 g/mol. The smallest absolute Gasteiger partial charge is 0.0794 e. The van der Waals surface area contributed by atoms with Crippen LogP contribution >= 0.6 is 11.3 Å². The van der Waals surface area contributed by atoms with Crippen molar-refractivity contribution < 1.29 is 0 Å². The number of nitrogens with two attached hydrogens (primary N) is 1. The second-order valence-electron chi connectivity index (χ2n) is 3.98. The standard InChI is InChI=1S/C13H16N2S/c14-8-12(7-13-9-16-10-15-13)6-11-4-2-1-3-5-11/h1-5,9-10,12H,6-8,14H2. The molecule has 1 unspecified atom stereocenters. The third kappa shape index (κ3) is 3.15. The summed E-state index contributed by atoms with van der Waals surface area (Å²) >= 11 is 1.65. The van der Waals surface area contributed by atoms with Gasteiger partial charge in [-0.2, -0.15) is 0 Å². The van der Waals surface area contributed by atoms with Crippen LogP contribution in [0.2, 0.25) is 0 Å². The van der Waals surface area contributed by atoms with E-state index in [9.17, 15) is 0 Å². The quantitative estimate of drug-likeness (QED) is 0.860. The SMILES string of the molecule is NCC(Cc1ccccc1)Cc1cscn1. The Morgan fingerprint density at radius 2 is 2.00 bits per heavy atom. The second-order valence-corrected chi connectivity index (χ2v) is 4.69. The van der Waals surface area contributed by atoms with Crippen LogP contribution in [0.3, 0.4) is 0 Å². The van der Waals surface area contributed by atoms with Crippen LogP contribution in [0.15, 0.2) is 41.2 Å². The summed E-state index contributed by atoms with van der Waals surface area (Å²) in [6, 6.07) is 10.5. The summed E-state index contributed by atoms with van der Waals surface area (Å²) < 4.78 is 0. The molecule has 0 radical (unpaired) electrons. The van der Waals surface area contributed by atoms with Crippen LogP contribution in [0.5, 0.6) is 0 Å². The van der Waals surface area contributed by atoms with Crippen LogP contribution in [0, 0.1) is 5.92 Å². The van der Waals surface area contributed by atoms with Crippen molar-refractivity contribution in [3.8, 4) is 0 Å². The predicted octanol–water partition coefficient (Wildman–Crippen LogP) is 2.50. The number of thiazole rings is 1. The molecular weight excluding hydrogens is 216 g/mol. The van der Waals surface area contributed by atoms with Gasteiger partial charge in [-0.25, -0.2) is 4.98 Å². The molecule has 2 aromatic rings. The Hall–Kier alpha value is -1.19. The maximum Gasteiger partial charge on any atom is 0.0794 e. The maximum absolute atomic E-state index is 5.81. The van der Waals surface area contributed by atoms with Gasteiger partial charge in [0, 0.05) is 5.38 Å². The van der Waals surface area contributed by atoms with Gasteiger partial charge in [-0.1, -0.05) is 30.3 Å². The van der Waals surface area contributed by atoms with E-state index in [4.69, 9.17) is 5.73 Å². The fourth-order valence-corrected chi connectivity index (χ4v) is 2.39. The molecule has 1 heterocycles. The Morgan fingerprint density at radius 1 is 1.19 bits per heavy atom. The summed E-state index contributed by atoms with van der Waals surface area (Å²) in [6.45, 7) is 0.715. The molecule has 2 nitrogen and oxygen atoms in total. The minimum atomic E-state index is 0.490. The van der Waals surface area contributed by atoms with Gasteiger partial charge >= 0.3 is 0 Å². The van der Waals surface area contributed by atoms with Gasteiger partial charge in [0.05, 0.1) is 11.2 Å². The van der Waals surface area contributed by atoms with Gasteiger partial charge in [0.2, 0.25) is 0 Å². The van der Waals surface area contributed by atoms with E-state index < -0.39 is 0 Å². The molecule has 0 saturated carbocycles. The molecule has 0 fully saturated rings. The molecule has 1 atom stereocenters. The van der Waals surface area contributed by atoms with Crippen molar-refractivity contribution in [1.82, 2.24) is 4.98 Å². The van der Waals surface area contributed by atoms with Crippen LogP contribution in [-0.2, 0) is 12.8 Å². The molecule has 0 saturated heterocycles. The largest absolute Gasteiger partial charge is 0.330 e. The molecule has 3 heteroatoms. The van der Waals surface area contributed by atoms with Crippen LogP contribution in [0.4, 0.5) is 0 Å². The molecule has 0 aliphatic rings. The maximum atomic E-state index is 5.81. The van der Waals surface area contributed by atoms with Crippen molar-refractivity contribution in [1.29, 1.82) is 0 Å². The molecule has 0 spiro atoms. The Kier molecular flexibility index (Phi) is 4.08. The zero-order chi connectivity index (χ0) is 11.2. The summed E-state index contributed by atoms with van der Waals surface area (Å²) in [5.41, 5.74) is 10.2. The van der Waals surface area contributed by atoms with Crippen molar-refractivity contribution in [3.63, 3.8) is 0 Å². The minimum Gasteiger partial charge on any atom is -0.330 e. The molecular formula is C13H16N2S. The van der Waals surface area contributed by atoms with Crippen molar-refractivity contribution in [2.75, 3.05) is 6.54 Å². The van der Waals surface area contributed by atoms with Crippen molar-refractivity contribution >= 4 is 11.3 Å². The number of nitrogens with zero attached hydrogens (tertiary/aromatic N) is 1. The first-order valence-electron chi connectivity index (χ1n) is 5.49. The fourth-order valence-electron chi connectivity index (χ4n) is 1.82.